The Morgan fingerprint density at radius 1 is 1.25 bits per heavy atom. The van der Waals surface area contributed by atoms with Crippen LogP contribution in [0.4, 0.5) is 0 Å². The van der Waals surface area contributed by atoms with E-state index in [0.717, 1.165) is 6.29 Å². The van der Waals surface area contributed by atoms with Gasteiger partial charge in [-0.1, -0.05) is 36.7 Å². The molecule has 0 saturated carbocycles. The van der Waals surface area contributed by atoms with Crippen LogP contribution in [0, 0.1) is 0 Å². The first-order chi connectivity index (χ1) is 8.81. The Balaban J connectivity index is 4.65. The van der Waals surface area contributed by atoms with Crippen LogP contribution < -0.4 is 0 Å². The fraction of sp³-hybridized carbons (Fsp3) is 0.857. The summed E-state index contributed by atoms with van der Waals surface area (Å²) in [6.07, 6.45) is 0.392. The van der Waals surface area contributed by atoms with Crippen molar-refractivity contribution in [3.05, 3.63) is 0 Å². The molecule has 0 heterocycles. The molecule has 0 aromatic rings. The van der Waals surface area contributed by atoms with Crippen LogP contribution in [0.3, 0.4) is 0 Å². The highest BCUT2D eigenvalue weighted by Gasteiger charge is 2.38. The average molecular weight is 367 g/mol. The first-order valence-electron chi connectivity index (χ1n) is 6.79. The summed E-state index contributed by atoms with van der Waals surface area (Å²) in [5.41, 5.74) is 0. The zero-order chi connectivity index (χ0) is 16.2. The summed E-state index contributed by atoms with van der Waals surface area (Å²) in [7, 11) is -1.91. The van der Waals surface area contributed by atoms with Crippen LogP contribution in [0.5, 0.6) is 0 Å². The summed E-state index contributed by atoms with van der Waals surface area (Å²) in [4.78, 5) is 22.6. The number of esters is 1. The van der Waals surface area contributed by atoms with Crippen molar-refractivity contribution in [1.82, 2.24) is 0 Å². The van der Waals surface area contributed by atoms with Gasteiger partial charge in [0.15, 0.2) is 8.32 Å². The van der Waals surface area contributed by atoms with Crippen LogP contribution >= 0.6 is 15.9 Å². The predicted molar refractivity (Wildman–Crippen MR) is 86.7 cm³/mol. The van der Waals surface area contributed by atoms with E-state index >= 15 is 0 Å². The van der Waals surface area contributed by atoms with Gasteiger partial charge in [-0.05, 0) is 32.0 Å². The molecule has 0 saturated heterocycles. The summed E-state index contributed by atoms with van der Waals surface area (Å²) in [6, 6.07) is 0. The molecule has 0 aliphatic rings. The van der Waals surface area contributed by atoms with Gasteiger partial charge in [-0.25, -0.2) is 0 Å². The Kier molecular flexibility index (Phi) is 7.11. The lowest BCUT2D eigenvalue weighted by molar-refractivity contribution is -0.153. The molecule has 0 N–H and O–H groups in total. The normalized spacial score (nSPS) is 14.8. The standard InChI is InChI=1S/C14H27BrO4Si/c1-13(2,3)20(6,7)18-10-11(8-9-16)19-12(17)14(4,5)15/h9,11H,8,10H2,1-7H3/t11-/m0/s1. The molecule has 0 aliphatic carbocycles. The van der Waals surface area contributed by atoms with Crippen LogP contribution in [0.25, 0.3) is 0 Å². The molecular formula is C14H27BrO4Si. The van der Waals surface area contributed by atoms with Crippen LogP contribution in [0.15, 0.2) is 0 Å². The van der Waals surface area contributed by atoms with Crippen molar-refractivity contribution >= 4 is 36.5 Å². The third kappa shape index (κ3) is 6.50. The highest BCUT2D eigenvalue weighted by atomic mass is 79.9. The quantitative estimate of drug-likeness (QED) is 0.298. The second-order valence-corrected chi connectivity index (χ2v) is 13.8. The average Bonchev–Trinajstić information content (AvgIpc) is 2.23. The first-order valence-corrected chi connectivity index (χ1v) is 10.5. The molecule has 0 aromatic carbocycles. The number of hydrogen-bond donors (Lipinski definition) is 0. The molecule has 0 radical (unpaired) electrons. The second kappa shape index (κ2) is 7.18. The van der Waals surface area contributed by atoms with Gasteiger partial charge in [0, 0.05) is 6.42 Å². The minimum absolute atomic E-state index is 0.0808. The molecule has 0 fully saturated rings. The van der Waals surface area contributed by atoms with Gasteiger partial charge >= 0.3 is 5.97 Å². The summed E-state index contributed by atoms with van der Waals surface area (Å²) >= 11 is 3.25. The fourth-order valence-electron chi connectivity index (χ4n) is 1.07. The van der Waals surface area contributed by atoms with E-state index in [1.54, 1.807) is 13.8 Å². The molecule has 0 bridgehead atoms. The molecular weight excluding hydrogens is 340 g/mol. The maximum absolute atomic E-state index is 11.8. The summed E-state index contributed by atoms with van der Waals surface area (Å²) in [6.45, 7) is 14.4. The van der Waals surface area contributed by atoms with Gasteiger partial charge in [0.05, 0.1) is 6.61 Å². The Hall–Kier alpha value is -0.203. The third-order valence-electron chi connectivity index (χ3n) is 3.55. The summed E-state index contributed by atoms with van der Waals surface area (Å²) in [5, 5.41) is 0.0808. The molecule has 6 heteroatoms. The first kappa shape index (κ1) is 19.8. The van der Waals surface area contributed by atoms with E-state index in [-0.39, 0.29) is 24.0 Å². The van der Waals surface area contributed by atoms with Crippen LogP contribution in [-0.4, -0.2) is 37.6 Å². The molecule has 0 rings (SSSR count). The van der Waals surface area contributed by atoms with Gasteiger partial charge in [0.1, 0.15) is 16.7 Å². The summed E-state index contributed by atoms with van der Waals surface area (Å²) < 4.78 is 10.6. The third-order valence-corrected chi connectivity index (χ3v) is 8.38. The van der Waals surface area contributed by atoms with E-state index in [1.807, 2.05) is 0 Å². The smallest absolute Gasteiger partial charge is 0.322 e. The Morgan fingerprint density at radius 2 is 1.75 bits per heavy atom. The van der Waals surface area contributed by atoms with Gasteiger partial charge in [-0.3, -0.25) is 4.79 Å². The second-order valence-electron chi connectivity index (χ2n) is 6.97. The monoisotopic (exact) mass is 366 g/mol. The Labute approximate surface area is 131 Å². The molecule has 4 nitrogen and oxygen atoms in total. The number of hydrogen-bond acceptors (Lipinski definition) is 4. The number of rotatable bonds is 7. The van der Waals surface area contributed by atoms with Crippen molar-refractivity contribution < 1.29 is 18.8 Å². The zero-order valence-electron chi connectivity index (χ0n) is 13.6. The summed E-state index contributed by atoms with van der Waals surface area (Å²) in [5.74, 6) is -0.386. The van der Waals surface area contributed by atoms with Gasteiger partial charge in [-0.15, -0.1) is 0 Å². The number of alkyl halides is 1. The number of aldehydes is 1. The van der Waals surface area contributed by atoms with Crippen molar-refractivity contribution in [2.45, 2.75) is 69.6 Å². The lowest BCUT2D eigenvalue weighted by Gasteiger charge is -2.37. The van der Waals surface area contributed by atoms with Crippen molar-refractivity contribution in [1.29, 1.82) is 0 Å². The maximum atomic E-state index is 11.8. The Bertz CT molecular complexity index is 342. The van der Waals surface area contributed by atoms with Gasteiger partial charge in [-0.2, -0.15) is 0 Å². The lowest BCUT2D eigenvalue weighted by atomic mass is 10.2. The molecule has 20 heavy (non-hydrogen) atoms. The topological polar surface area (TPSA) is 52.6 Å². The number of ether oxygens (including phenoxy) is 1. The zero-order valence-corrected chi connectivity index (χ0v) is 16.2. The van der Waals surface area contributed by atoms with Crippen LogP contribution in [0.1, 0.15) is 41.0 Å². The van der Waals surface area contributed by atoms with Gasteiger partial charge in [0.25, 0.3) is 0 Å². The molecule has 1 atom stereocenters. The molecule has 0 amide bonds. The van der Waals surface area contributed by atoms with E-state index in [0.29, 0.717) is 0 Å². The van der Waals surface area contributed by atoms with E-state index in [4.69, 9.17) is 9.16 Å². The Morgan fingerprint density at radius 3 is 2.10 bits per heavy atom. The van der Waals surface area contributed by atoms with Crippen LogP contribution in [0.2, 0.25) is 18.1 Å². The van der Waals surface area contributed by atoms with Gasteiger partial charge in [0.2, 0.25) is 0 Å². The highest BCUT2D eigenvalue weighted by molar-refractivity contribution is 9.10. The largest absolute Gasteiger partial charge is 0.458 e. The lowest BCUT2D eigenvalue weighted by Crippen LogP contribution is -2.44. The van der Waals surface area contributed by atoms with Crippen molar-refractivity contribution in [3.8, 4) is 0 Å². The van der Waals surface area contributed by atoms with E-state index in [2.05, 4.69) is 49.8 Å². The number of carbonyl (C=O) groups is 2. The minimum atomic E-state index is -1.91. The van der Waals surface area contributed by atoms with Crippen molar-refractivity contribution in [2.24, 2.45) is 0 Å². The number of halogens is 1. The predicted octanol–water partition coefficient (Wildman–Crippen LogP) is 3.68. The maximum Gasteiger partial charge on any atom is 0.322 e. The highest BCUT2D eigenvalue weighted by Crippen LogP contribution is 2.36. The number of carbonyl (C=O) groups excluding carboxylic acids is 2. The van der Waals surface area contributed by atoms with E-state index in [9.17, 15) is 9.59 Å². The molecule has 0 spiro atoms. The van der Waals surface area contributed by atoms with Crippen molar-refractivity contribution in [2.75, 3.05) is 6.61 Å². The molecule has 0 aromatic heterocycles. The SMILES string of the molecule is CC(C)(Br)C(=O)O[C@@H](CC=O)CO[Si](C)(C)C(C)(C)C. The fourth-order valence-corrected chi connectivity index (χ4v) is 2.20. The van der Waals surface area contributed by atoms with E-state index < -0.39 is 18.7 Å². The van der Waals surface area contributed by atoms with E-state index in [1.165, 1.54) is 0 Å². The molecule has 0 unspecified atom stereocenters. The molecule has 118 valence electrons. The van der Waals surface area contributed by atoms with Crippen molar-refractivity contribution in [3.63, 3.8) is 0 Å². The van der Waals surface area contributed by atoms with Gasteiger partial charge < -0.3 is 14.0 Å². The minimum Gasteiger partial charge on any atom is -0.458 e. The van der Waals surface area contributed by atoms with Crippen LogP contribution in [-0.2, 0) is 18.8 Å². The molecule has 0 aliphatic heterocycles.